The van der Waals surface area contributed by atoms with Gasteiger partial charge in [-0.15, -0.1) is 0 Å². The van der Waals surface area contributed by atoms with Crippen LogP contribution in [0.15, 0.2) is 48.9 Å². The molecular formula is C28H30F2N6O3S. The zero-order valence-electron chi connectivity index (χ0n) is 22.1. The molecule has 1 N–H and O–H groups in total. The summed E-state index contributed by atoms with van der Waals surface area (Å²) in [6.07, 6.45) is 7.04. The molecule has 4 aromatic rings. The summed E-state index contributed by atoms with van der Waals surface area (Å²) in [6, 6.07) is 9.33. The van der Waals surface area contributed by atoms with Crippen LogP contribution in [-0.4, -0.2) is 84.0 Å². The van der Waals surface area contributed by atoms with Crippen molar-refractivity contribution in [1.29, 1.82) is 0 Å². The Morgan fingerprint density at radius 1 is 1.15 bits per heavy atom. The number of hydrogen-bond donors (Lipinski definition) is 1. The molecule has 2 aliphatic rings. The average molecular weight is 569 g/mol. The van der Waals surface area contributed by atoms with E-state index in [1.165, 1.54) is 23.1 Å². The number of likely N-dealkylation sites (tertiary alicyclic amines) is 1. The molecule has 210 valence electrons. The summed E-state index contributed by atoms with van der Waals surface area (Å²) >= 11 is -0.830. The second kappa shape index (κ2) is 10.9. The number of rotatable bonds is 7. The van der Waals surface area contributed by atoms with E-state index in [0.717, 1.165) is 60.9 Å². The average Bonchev–Trinajstić information content (AvgIpc) is 3.56. The van der Waals surface area contributed by atoms with E-state index < -0.39 is 28.2 Å². The van der Waals surface area contributed by atoms with Crippen molar-refractivity contribution >= 4 is 11.2 Å². The van der Waals surface area contributed by atoms with Gasteiger partial charge in [-0.25, -0.2) is 13.5 Å². The van der Waals surface area contributed by atoms with E-state index in [9.17, 15) is 18.4 Å². The molecule has 0 saturated carbocycles. The van der Waals surface area contributed by atoms with Crippen LogP contribution in [0.1, 0.15) is 24.0 Å². The molecule has 0 spiro atoms. The van der Waals surface area contributed by atoms with Gasteiger partial charge in [0.05, 0.1) is 25.2 Å². The van der Waals surface area contributed by atoms with Crippen molar-refractivity contribution in [3.63, 3.8) is 0 Å². The molecule has 4 heterocycles. The van der Waals surface area contributed by atoms with Crippen LogP contribution in [0.5, 0.6) is 5.75 Å². The number of ether oxygens (including phenoxy) is 1. The minimum absolute atomic E-state index is 0.0217. The van der Waals surface area contributed by atoms with Gasteiger partial charge < -0.3 is 14.4 Å². The normalized spacial score (nSPS) is 17.5. The number of hydrogen-bond acceptors (Lipinski definition) is 7. The molecule has 0 bridgehead atoms. The molecule has 0 amide bonds. The second-order valence-corrected chi connectivity index (χ2v) is 11.9. The lowest BCUT2D eigenvalue weighted by Gasteiger charge is -2.41. The molecule has 1 saturated heterocycles. The van der Waals surface area contributed by atoms with Crippen LogP contribution in [0.4, 0.5) is 8.78 Å². The summed E-state index contributed by atoms with van der Waals surface area (Å²) in [5, 5.41) is 19.6. The number of halogens is 2. The molecule has 1 fully saturated rings. The van der Waals surface area contributed by atoms with Crippen LogP contribution in [0.3, 0.4) is 0 Å². The van der Waals surface area contributed by atoms with E-state index in [-0.39, 0.29) is 18.2 Å². The van der Waals surface area contributed by atoms with Crippen molar-refractivity contribution in [2.75, 3.05) is 44.9 Å². The zero-order valence-corrected chi connectivity index (χ0v) is 22.9. The lowest BCUT2D eigenvalue weighted by Crippen LogP contribution is -2.45. The van der Waals surface area contributed by atoms with Crippen LogP contribution in [0, 0.1) is 11.6 Å². The SMILES string of the molecule is C[S+]([O-])CCN1CCC(CO)(c2ccc3c(c2)-c2nn(-c4ncnn4-c4ccc(F)cc4F)cc2CCO3)CC1. The summed E-state index contributed by atoms with van der Waals surface area (Å²) in [6.45, 7) is 2.91. The minimum atomic E-state index is -0.830. The molecule has 9 nitrogen and oxygen atoms in total. The van der Waals surface area contributed by atoms with Gasteiger partial charge in [-0.1, -0.05) is 17.2 Å². The first-order chi connectivity index (χ1) is 19.4. The smallest absolute Gasteiger partial charge is 0.253 e. The van der Waals surface area contributed by atoms with Gasteiger partial charge in [0.25, 0.3) is 5.95 Å². The molecule has 2 aliphatic heterocycles. The first-order valence-corrected chi connectivity index (χ1v) is 14.9. The standard InChI is InChI=1S/C28H30F2N6O3S/c1-40(38)13-11-34-9-7-28(17-37,8-10-34)20-2-5-25-22(14-20)26-19(6-12-39-25)16-35(33-26)27-31-18-32-36(27)24-4-3-21(29)15-23(24)30/h2-5,14-16,18,37H,6-13,17H2,1H3. The predicted octanol–water partition coefficient (Wildman–Crippen LogP) is 3.04. The van der Waals surface area contributed by atoms with E-state index in [0.29, 0.717) is 24.5 Å². The molecule has 0 radical (unpaired) electrons. The largest absolute Gasteiger partial charge is 0.617 e. The number of benzene rings is 2. The Labute approximate surface area is 233 Å². The Bertz CT molecular complexity index is 1520. The van der Waals surface area contributed by atoms with Crippen LogP contribution < -0.4 is 4.74 Å². The van der Waals surface area contributed by atoms with Crippen LogP contribution in [0.2, 0.25) is 0 Å². The summed E-state index contributed by atoms with van der Waals surface area (Å²) < 4.78 is 48.5. The highest BCUT2D eigenvalue weighted by molar-refractivity contribution is 7.90. The topological polar surface area (TPSA) is 104 Å². The van der Waals surface area contributed by atoms with Crippen LogP contribution in [0.25, 0.3) is 22.9 Å². The number of fused-ring (bicyclic) bond motifs is 3. The molecule has 12 heteroatoms. The Morgan fingerprint density at radius 2 is 1.98 bits per heavy atom. The number of aliphatic hydroxyl groups is 1. The van der Waals surface area contributed by atoms with Gasteiger partial charge in [-0.05, 0) is 55.8 Å². The van der Waals surface area contributed by atoms with Crippen molar-refractivity contribution in [2.45, 2.75) is 24.7 Å². The van der Waals surface area contributed by atoms with E-state index in [2.05, 4.69) is 21.0 Å². The molecular weight excluding hydrogens is 538 g/mol. The third-order valence-electron chi connectivity index (χ3n) is 7.95. The third-order valence-corrected chi connectivity index (χ3v) is 8.71. The highest BCUT2D eigenvalue weighted by Gasteiger charge is 2.37. The maximum absolute atomic E-state index is 14.6. The fourth-order valence-electron chi connectivity index (χ4n) is 5.58. The lowest BCUT2D eigenvalue weighted by molar-refractivity contribution is 0.104. The van der Waals surface area contributed by atoms with Crippen LogP contribution in [-0.2, 0) is 23.0 Å². The molecule has 0 aliphatic carbocycles. The van der Waals surface area contributed by atoms with E-state index in [1.54, 1.807) is 10.9 Å². The number of aromatic nitrogens is 5. The molecule has 2 aromatic heterocycles. The summed E-state index contributed by atoms with van der Waals surface area (Å²) in [5.41, 5.74) is 3.16. The van der Waals surface area contributed by atoms with Crippen molar-refractivity contribution in [1.82, 2.24) is 29.4 Å². The molecule has 40 heavy (non-hydrogen) atoms. The maximum atomic E-state index is 14.6. The van der Waals surface area contributed by atoms with Gasteiger partial charge in [0.2, 0.25) is 0 Å². The first-order valence-electron chi connectivity index (χ1n) is 13.2. The van der Waals surface area contributed by atoms with Crippen molar-refractivity contribution in [3.05, 3.63) is 71.7 Å². The third kappa shape index (κ3) is 5.00. The maximum Gasteiger partial charge on any atom is 0.253 e. The monoisotopic (exact) mass is 568 g/mol. The Kier molecular flexibility index (Phi) is 7.34. The molecule has 6 rings (SSSR count). The fourth-order valence-corrected chi connectivity index (χ4v) is 6.09. The van der Waals surface area contributed by atoms with E-state index in [4.69, 9.17) is 9.84 Å². The number of aliphatic hydroxyl groups excluding tert-OH is 1. The summed E-state index contributed by atoms with van der Waals surface area (Å²) in [7, 11) is 0. The van der Waals surface area contributed by atoms with Crippen molar-refractivity contribution in [3.8, 4) is 28.6 Å². The predicted molar refractivity (Wildman–Crippen MR) is 146 cm³/mol. The van der Waals surface area contributed by atoms with Gasteiger partial charge >= 0.3 is 0 Å². The van der Waals surface area contributed by atoms with Gasteiger partial charge in [0, 0.05) is 41.8 Å². The summed E-state index contributed by atoms with van der Waals surface area (Å²) in [4.78, 5) is 6.61. The Balaban J connectivity index is 1.34. The molecule has 2 aromatic carbocycles. The van der Waals surface area contributed by atoms with E-state index in [1.807, 2.05) is 18.3 Å². The molecule has 1 unspecified atom stereocenters. The van der Waals surface area contributed by atoms with Crippen molar-refractivity contribution in [2.24, 2.45) is 0 Å². The van der Waals surface area contributed by atoms with Gasteiger partial charge in [-0.2, -0.15) is 19.9 Å². The second-order valence-electron chi connectivity index (χ2n) is 10.4. The Morgan fingerprint density at radius 3 is 2.73 bits per heavy atom. The van der Waals surface area contributed by atoms with Crippen LogP contribution >= 0.6 is 0 Å². The highest BCUT2D eigenvalue weighted by Crippen LogP contribution is 2.41. The van der Waals surface area contributed by atoms with Gasteiger partial charge in [0.15, 0.2) is 5.82 Å². The highest BCUT2D eigenvalue weighted by atomic mass is 32.2. The molecule has 1 atom stereocenters. The van der Waals surface area contributed by atoms with Crippen molar-refractivity contribution < 1.29 is 23.2 Å². The Hall–Kier alpha value is -3.32. The summed E-state index contributed by atoms with van der Waals surface area (Å²) in [5.74, 6) is 0.186. The lowest BCUT2D eigenvalue weighted by atomic mass is 9.73. The minimum Gasteiger partial charge on any atom is -0.617 e. The first kappa shape index (κ1) is 26.9. The number of nitrogens with zero attached hydrogens (tertiary/aromatic N) is 6. The quantitative estimate of drug-likeness (QED) is 0.342. The zero-order chi connectivity index (χ0) is 27.9. The van der Waals surface area contributed by atoms with Gasteiger partial charge in [-0.3, -0.25) is 4.90 Å². The fraction of sp³-hybridized carbons (Fsp3) is 0.393. The van der Waals surface area contributed by atoms with Gasteiger partial charge in [0.1, 0.15) is 29.3 Å². The van der Waals surface area contributed by atoms with E-state index >= 15 is 0 Å². The number of piperidine rings is 1.